The van der Waals surface area contributed by atoms with Crippen molar-refractivity contribution >= 4 is 17.6 Å². The minimum absolute atomic E-state index is 0.0569. The minimum atomic E-state index is -4.51. The molecule has 0 spiro atoms. The Morgan fingerprint density at radius 2 is 1.57 bits per heavy atom. The maximum Gasteiger partial charge on any atom is 0.416 e. The van der Waals surface area contributed by atoms with Crippen LogP contribution in [-0.2, 0) is 6.18 Å². The molecule has 2 aromatic rings. The standard InChI is InChI=1S/C21H21F4N3O2/c1-14-3-8-17(13-18(14)21(23,24)25)26-20(30)28-10-2-9-27(11-12-28)19(29)15-4-6-16(22)7-5-15/h3-8,13H,2,9-12H2,1H3,(H,26,30). The van der Waals surface area contributed by atoms with Crippen molar-refractivity contribution in [2.75, 3.05) is 31.5 Å². The Kier molecular flexibility index (Phi) is 6.28. The number of amides is 3. The third-order valence-corrected chi connectivity index (χ3v) is 4.96. The third-order valence-electron chi connectivity index (χ3n) is 4.96. The van der Waals surface area contributed by atoms with E-state index in [1.54, 1.807) is 4.90 Å². The van der Waals surface area contributed by atoms with Crippen molar-refractivity contribution in [1.82, 2.24) is 9.80 Å². The normalized spacial score (nSPS) is 15.0. The SMILES string of the molecule is Cc1ccc(NC(=O)N2CCCN(C(=O)c3ccc(F)cc3)CC2)cc1C(F)(F)F. The third kappa shape index (κ3) is 5.08. The van der Waals surface area contributed by atoms with Crippen molar-refractivity contribution in [2.45, 2.75) is 19.5 Å². The van der Waals surface area contributed by atoms with E-state index in [0.717, 1.165) is 6.07 Å². The summed E-state index contributed by atoms with van der Waals surface area (Å²) in [6.07, 6.45) is -3.99. The zero-order valence-electron chi connectivity index (χ0n) is 16.3. The Hall–Kier alpha value is -3.10. The number of hydrogen-bond acceptors (Lipinski definition) is 2. The zero-order valence-corrected chi connectivity index (χ0v) is 16.3. The van der Waals surface area contributed by atoms with E-state index >= 15 is 0 Å². The monoisotopic (exact) mass is 423 g/mol. The van der Waals surface area contributed by atoms with Gasteiger partial charge < -0.3 is 15.1 Å². The summed E-state index contributed by atoms with van der Waals surface area (Å²) in [7, 11) is 0. The van der Waals surface area contributed by atoms with Gasteiger partial charge in [-0.25, -0.2) is 9.18 Å². The summed E-state index contributed by atoms with van der Waals surface area (Å²) >= 11 is 0. The van der Waals surface area contributed by atoms with Gasteiger partial charge in [-0.3, -0.25) is 4.79 Å². The smallest absolute Gasteiger partial charge is 0.337 e. The summed E-state index contributed by atoms with van der Waals surface area (Å²) < 4.78 is 52.3. The average Bonchev–Trinajstić information content (AvgIpc) is 2.95. The molecule has 3 rings (SSSR count). The molecule has 160 valence electrons. The Balaban J connectivity index is 1.63. The number of anilines is 1. The highest BCUT2D eigenvalue weighted by Gasteiger charge is 2.32. The van der Waals surface area contributed by atoms with Crippen LogP contribution in [0.4, 0.5) is 28.0 Å². The fourth-order valence-electron chi connectivity index (χ4n) is 3.31. The van der Waals surface area contributed by atoms with Gasteiger partial charge in [-0.1, -0.05) is 6.07 Å². The van der Waals surface area contributed by atoms with Crippen molar-refractivity contribution in [3.8, 4) is 0 Å². The van der Waals surface area contributed by atoms with E-state index in [1.807, 2.05) is 0 Å². The summed E-state index contributed by atoms with van der Waals surface area (Å²) in [6.45, 7) is 2.64. The molecule has 1 saturated heterocycles. The second-order valence-electron chi connectivity index (χ2n) is 7.10. The number of aryl methyl sites for hydroxylation is 1. The number of rotatable bonds is 2. The number of nitrogens with one attached hydrogen (secondary N) is 1. The highest BCUT2D eigenvalue weighted by molar-refractivity contribution is 5.94. The molecule has 0 aliphatic carbocycles. The molecule has 0 aromatic heterocycles. The topological polar surface area (TPSA) is 52.7 Å². The summed E-state index contributed by atoms with van der Waals surface area (Å²) in [5, 5.41) is 2.50. The first-order valence-electron chi connectivity index (χ1n) is 9.44. The Labute approximate surface area is 171 Å². The number of nitrogens with zero attached hydrogens (tertiary/aromatic N) is 2. The molecular weight excluding hydrogens is 402 g/mol. The van der Waals surface area contributed by atoms with Crippen molar-refractivity contribution < 1.29 is 27.2 Å². The lowest BCUT2D eigenvalue weighted by atomic mass is 10.1. The van der Waals surface area contributed by atoms with Gasteiger partial charge in [-0.2, -0.15) is 13.2 Å². The molecule has 5 nitrogen and oxygen atoms in total. The number of benzene rings is 2. The lowest BCUT2D eigenvalue weighted by Gasteiger charge is -2.23. The fraction of sp³-hybridized carbons (Fsp3) is 0.333. The predicted molar refractivity (Wildman–Crippen MR) is 104 cm³/mol. The van der Waals surface area contributed by atoms with Crippen molar-refractivity contribution in [3.63, 3.8) is 0 Å². The molecule has 0 atom stereocenters. The first kappa shape index (κ1) is 21.6. The summed E-state index contributed by atoms with van der Waals surface area (Å²) in [6, 6.07) is 8.35. The zero-order chi connectivity index (χ0) is 21.9. The van der Waals surface area contributed by atoms with E-state index in [2.05, 4.69) is 5.32 Å². The van der Waals surface area contributed by atoms with Gasteiger partial charge in [-0.05, 0) is 55.3 Å². The second kappa shape index (κ2) is 8.73. The molecule has 0 saturated carbocycles. The molecule has 1 aliphatic rings. The van der Waals surface area contributed by atoms with Crippen molar-refractivity contribution in [2.24, 2.45) is 0 Å². The average molecular weight is 423 g/mol. The van der Waals surface area contributed by atoms with Crippen LogP contribution in [0.5, 0.6) is 0 Å². The van der Waals surface area contributed by atoms with Crippen LogP contribution in [0.3, 0.4) is 0 Å². The van der Waals surface area contributed by atoms with Gasteiger partial charge in [0.15, 0.2) is 0 Å². The molecule has 30 heavy (non-hydrogen) atoms. The number of hydrogen-bond donors (Lipinski definition) is 1. The summed E-state index contributed by atoms with van der Waals surface area (Å²) in [5.41, 5.74) is -0.312. The Morgan fingerprint density at radius 1 is 0.933 bits per heavy atom. The van der Waals surface area contributed by atoms with Crippen LogP contribution in [0.15, 0.2) is 42.5 Å². The molecule has 0 unspecified atom stereocenters. The maximum atomic E-state index is 13.1. The molecule has 1 aliphatic heterocycles. The van der Waals surface area contributed by atoms with Crippen LogP contribution < -0.4 is 5.32 Å². The highest BCUT2D eigenvalue weighted by Crippen LogP contribution is 2.33. The van der Waals surface area contributed by atoms with E-state index < -0.39 is 23.6 Å². The van der Waals surface area contributed by atoms with Crippen molar-refractivity contribution in [1.29, 1.82) is 0 Å². The fourth-order valence-corrected chi connectivity index (χ4v) is 3.31. The van der Waals surface area contributed by atoms with Crippen LogP contribution in [-0.4, -0.2) is 47.9 Å². The quantitative estimate of drug-likeness (QED) is 0.722. The number of carbonyl (C=O) groups is 2. The Morgan fingerprint density at radius 3 is 2.23 bits per heavy atom. The van der Waals surface area contributed by atoms with E-state index in [4.69, 9.17) is 0 Å². The van der Waals surface area contributed by atoms with Crippen LogP contribution in [0, 0.1) is 12.7 Å². The molecule has 2 aromatic carbocycles. The van der Waals surface area contributed by atoms with Gasteiger partial charge in [0, 0.05) is 37.4 Å². The first-order valence-corrected chi connectivity index (χ1v) is 9.44. The second-order valence-corrected chi connectivity index (χ2v) is 7.10. The predicted octanol–water partition coefficient (Wildman–Crippen LogP) is 4.53. The van der Waals surface area contributed by atoms with Crippen LogP contribution >= 0.6 is 0 Å². The van der Waals surface area contributed by atoms with Gasteiger partial charge in [0.25, 0.3) is 5.91 Å². The largest absolute Gasteiger partial charge is 0.416 e. The van der Waals surface area contributed by atoms with Gasteiger partial charge >= 0.3 is 12.2 Å². The number of alkyl halides is 3. The number of halogens is 4. The van der Waals surface area contributed by atoms with Crippen molar-refractivity contribution in [3.05, 3.63) is 65.0 Å². The lowest BCUT2D eigenvalue weighted by molar-refractivity contribution is -0.138. The van der Waals surface area contributed by atoms with E-state index in [0.29, 0.717) is 25.1 Å². The van der Waals surface area contributed by atoms with Crippen LogP contribution in [0.1, 0.15) is 27.9 Å². The molecule has 1 heterocycles. The molecule has 1 N–H and O–H groups in total. The highest BCUT2D eigenvalue weighted by atomic mass is 19.4. The lowest BCUT2D eigenvalue weighted by Crippen LogP contribution is -2.39. The van der Waals surface area contributed by atoms with E-state index in [9.17, 15) is 27.2 Å². The minimum Gasteiger partial charge on any atom is -0.337 e. The number of urea groups is 1. The Bertz CT molecular complexity index is 929. The van der Waals surface area contributed by atoms with Crippen LogP contribution in [0.25, 0.3) is 0 Å². The molecule has 9 heteroatoms. The molecule has 3 amide bonds. The molecule has 0 bridgehead atoms. The van der Waals surface area contributed by atoms with E-state index in [1.165, 1.54) is 48.2 Å². The molecular formula is C21H21F4N3O2. The van der Waals surface area contributed by atoms with Gasteiger partial charge in [-0.15, -0.1) is 0 Å². The van der Waals surface area contributed by atoms with Crippen LogP contribution in [0.2, 0.25) is 0 Å². The number of carbonyl (C=O) groups excluding carboxylic acids is 2. The molecule has 1 fully saturated rings. The van der Waals surface area contributed by atoms with Gasteiger partial charge in [0.2, 0.25) is 0 Å². The van der Waals surface area contributed by atoms with E-state index in [-0.39, 0.29) is 30.2 Å². The summed E-state index contributed by atoms with van der Waals surface area (Å²) in [4.78, 5) is 28.2. The maximum absolute atomic E-state index is 13.1. The molecule has 0 radical (unpaired) electrons. The summed E-state index contributed by atoms with van der Waals surface area (Å²) in [5.74, 6) is -0.694. The van der Waals surface area contributed by atoms with Gasteiger partial charge in [0.1, 0.15) is 5.82 Å². The van der Waals surface area contributed by atoms with Gasteiger partial charge in [0.05, 0.1) is 5.56 Å². The first-order chi connectivity index (χ1) is 14.1.